The predicted molar refractivity (Wildman–Crippen MR) is 117 cm³/mol. The number of carbonyl (C=O) groups is 1. The summed E-state index contributed by atoms with van der Waals surface area (Å²) in [6, 6.07) is 4.32. The third-order valence-electron chi connectivity index (χ3n) is 6.17. The van der Waals surface area contributed by atoms with Crippen LogP contribution >= 0.6 is 0 Å². The number of hydrogen-bond acceptors (Lipinski definition) is 4. The SMILES string of the molecule is COc1c(C)cc(C(=O)C2CCCN(Cc3c(C)nn(C(C)C)c3C)C2)cc1C. The second kappa shape index (κ2) is 8.70. The van der Waals surface area contributed by atoms with Gasteiger partial charge in [-0.2, -0.15) is 5.10 Å². The van der Waals surface area contributed by atoms with Crippen LogP contribution in [0.5, 0.6) is 5.75 Å². The summed E-state index contributed by atoms with van der Waals surface area (Å²) in [5.74, 6) is 1.19. The Morgan fingerprint density at radius 1 is 1.21 bits per heavy atom. The molecule has 1 fully saturated rings. The van der Waals surface area contributed by atoms with Crippen LogP contribution in [0, 0.1) is 33.6 Å². The summed E-state index contributed by atoms with van der Waals surface area (Å²) in [6.45, 7) is 15.3. The van der Waals surface area contributed by atoms with Gasteiger partial charge in [-0.3, -0.25) is 14.4 Å². The molecule has 0 radical (unpaired) electrons. The zero-order valence-electron chi connectivity index (χ0n) is 19.0. The highest BCUT2D eigenvalue weighted by atomic mass is 16.5. The van der Waals surface area contributed by atoms with Crippen molar-refractivity contribution in [1.82, 2.24) is 14.7 Å². The lowest BCUT2D eigenvalue weighted by molar-refractivity contribution is 0.0811. The Morgan fingerprint density at radius 2 is 1.86 bits per heavy atom. The normalized spacial score (nSPS) is 17.7. The fraction of sp³-hybridized carbons (Fsp3) is 0.583. The van der Waals surface area contributed by atoms with Gasteiger partial charge in [0.15, 0.2) is 5.78 Å². The molecule has 1 saturated heterocycles. The number of piperidine rings is 1. The summed E-state index contributed by atoms with van der Waals surface area (Å²) in [6.07, 6.45) is 2.02. The minimum absolute atomic E-state index is 0.0525. The number of rotatable bonds is 6. The quantitative estimate of drug-likeness (QED) is 0.657. The first kappa shape index (κ1) is 21.6. The first-order valence-corrected chi connectivity index (χ1v) is 10.7. The summed E-state index contributed by atoms with van der Waals surface area (Å²) >= 11 is 0. The number of Topliss-reactive ketones (excluding diaryl/α,β-unsaturated/α-hetero) is 1. The van der Waals surface area contributed by atoms with Gasteiger partial charge in [0.25, 0.3) is 0 Å². The Labute approximate surface area is 175 Å². The zero-order valence-corrected chi connectivity index (χ0v) is 19.0. The fourth-order valence-electron chi connectivity index (χ4n) is 4.72. The number of likely N-dealkylation sites (tertiary alicyclic amines) is 1. The van der Waals surface area contributed by atoms with Crippen LogP contribution in [0.1, 0.15) is 71.2 Å². The number of hydrogen-bond donors (Lipinski definition) is 0. The van der Waals surface area contributed by atoms with Crippen LogP contribution in [0.3, 0.4) is 0 Å². The van der Waals surface area contributed by atoms with Gasteiger partial charge in [-0.25, -0.2) is 0 Å². The molecule has 3 rings (SSSR count). The lowest BCUT2D eigenvalue weighted by atomic mass is 9.88. The summed E-state index contributed by atoms with van der Waals surface area (Å²) < 4.78 is 7.56. The Kier molecular flexibility index (Phi) is 6.47. The van der Waals surface area contributed by atoms with Gasteiger partial charge >= 0.3 is 0 Å². The Morgan fingerprint density at radius 3 is 2.41 bits per heavy atom. The second-order valence-electron chi connectivity index (χ2n) is 8.77. The van der Waals surface area contributed by atoms with Crippen molar-refractivity contribution in [2.75, 3.05) is 20.2 Å². The second-order valence-corrected chi connectivity index (χ2v) is 8.77. The van der Waals surface area contributed by atoms with Crippen molar-refractivity contribution in [1.29, 1.82) is 0 Å². The maximum atomic E-state index is 13.2. The number of ketones is 1. The molecule has 1 atom stereocenters. The van der Waals surface area contributed by atoms with E-state index in [0.717, 1.165) is 60.6 Å². The van der Waals surface area contributed by atoms with Crippen LogP contribution < -0.4 is 4.74 Å². The molecule has 5 heteroatoms. The zero-order chi connectivity index (χ0) is 21.3. The minimum atomic E-state index is 0.0525. The molecule has 158 valence electrons. The molecule has 1 aliphatic rings. The van der Waals surface area contributed by atoms with Gasteiger partial charge in [0.05, 0.1) is 12.8 Å². The van der Waals surface area contributed by atoms with E-state index < -0.39 is 0 Å². The van der Waals surface area contributed by atoms with Gasteiger partial charge < -0.3 is 4.74 Å². The molecule has 2 heterocycles. The minimum Gasteiger partial charge on any atom is -0.496 e. The van der Waals surface area contributed by atoms with Gasteiger partial charge in [-0.1, -0.05) is 0 Å². The molecule has 0 N–H and O–H groups in total. The molecule has 2 aromatic rings. The topological polar surface area (TPSA) is 47.4 Å². The molecule has 0 amide bonds. The number of aromatic nitrogens is 2. The third kappa shape index (κ3) is 4.40. The highest BCUT2D eigenvalue weighted by Crippen LogP contribution is 2.29. The maximum Gasteiger partial charge on any atom is 0.167 e. The van der Waals surface area contributed by atoms with E-state index in [1.807, 2.05) is 26.0 Å². The van der Waals surface area contributed by atoms with Crippen molar-refractivity contribution in [3.8, 4) is 5.75 Å². The van der Waals surface area contributed by atoms with Gasteiger partial charge in [-0.15, -0.1) is 0 Å². The molecule has 0 saturated carbocycles. The van der Waals surface area contributed by atoms with Gasteiger partial charge in [-0.05, 0) is 84.2 Å². The molecule has 1 unspecified atom stereocenters. The molecular formula is C24H35N3O2. The van der Waals surface area contributed by atoms with Crippen LogP contribution in [-0.2, 0) is 6.54 Å². The summed E-state index contributed by atoms with van der Waals surface area (Å²) in [5, 5.41) is 4.72. The van der Waals surface area contributed by atoms with E-state index in [-0.39, 0.29) is 11.7 Å². The molecule has 1 aliphatic heterocycles. The molecule has 1 aromatic carbocycles. The molecular weight excluding hydrogens is 362 g/mol. The lowest BCUT2D eigenvalue weighted by Gasteiger charge is -2.32. The van der Waals surface area contributed by atoms with E-state index in [2.05, 4.69) is 37.3 Å². The largest absolute Gasteiger partial charge is 0.496 e. The average Bonchev–Trinajstić information content (AvgIpc) is 2.96. The molecule has 0 spiro atoms. The van der Waals surface area contributed by atoms with Crippen molar-refractivity contribution in [2.24, 2.45) is 5.92 Å². The predicted octanol–water partition coefficient (Wildman–Crippen LogP) is 4.80. The smallest absolute Gasteiger partial charge is 0.167 e. The van der Waals surface area contributed by atoms with Crippen molar-refractivity contribution in [3.63, 3.8) is 0 Å². The Hall–Kier alpha value is -2.14. The van der Waals surface area contributed by atoms with E-state index in [9.17, 15) is 4.79 Å². The summed E-state index contributed by atoms with van der Waals surface area (Å²) in [4.78, 5) is 15.7. The number of aryl methyl sites for hydroxylation is 3. The van der Waals surface area contributed by atoms with Crippen LogP contribution in [0.4, 0.5) is 0 Å². The average molecular weight is 398 g/mol. The highest BCUT2D eigenvalue weighted by Gasteiger charge is 2.28. The molecule has 0 bridgehead atoms. The van der Waals surface area contributed by atoms with Crippen LogP contribution in [0.15, 0.2) is 12.1 Å². The maximum absolute atomic E-state index is 13.2. The number of carbonyl (C=O) groups excluding carboxylic acids is 1. The lowest BCUT2D eigenvalue weighted by Crippen LogP contribution is -2.38. The fourth-order valence-corrected chi connectivity index (χ4v) is 4.72. The van der Waals surface area contributed by atoms with Gasteiger partial charge in [0, 0.05) is 41.9 Å². The number of nitrogens with zero attached hydrogens (tertiary/aromatic N) is 3. The number of ether oxygens (including phenoxy) is 1. The van der Waals surface area contributed by atoms with E-state index in [1.165, 1.54) is 11.3 Å². The van der Waals surface area contributed by atoms with Crippen molar-refractivity contribution < 1.29 is 9.53 Å². The Bertz CT molecular complexity index is 875. The van der Waals surface area contributed by atoms with E-state index in [1.54, 1.807) is 7.11 Å². The summed E-state index contributed by atoms with van der Waals surface area (Å²) in [5.41, 5.74) is 6.51. The molecule has 1 aromatic heterocycles. The highest BCUT2D eigenvalue weighted by molar-refractivity contribution is 5.98. The molecule has 5 nitrogen and oxygen atoms in total. The van der Waals surface area contributed by atoms with Gasteiger partial charge in [0.1, 0.15) is 5.75 Å². The van der Waals surface area contributed by atoms with E-state index >= 15 is 0 Å². The van der Waals surface area contributed by atoms with Crippen LogP contribution in [0.2, 0.25) is 0 Å². The molecule has 29 heavy (non-hydrogen) atoms. The summed E-state index contributed by atoms with van der Waals surface area (Å²) in [7, 11) is 1.68. The van der Waals surface area contributed by atoms with Crippen LogP contribution in [-0.4, -0.2) is 40.7 Å². The first-order chi connectivity index (χ1) is 13.7. The number of benzene rings is 1. The monoisotopic (exact) mass is 397 g/mol. The van der Waals surface area contributed by atoms with Crippen molar-refractivity contribution in [3.05, 3.63) is 45.8 Å². The third-order valence-corrected chi connectivity index (χ3v) is 6.17. The standard InChI is InChI=1S/C24H35N3O2/c1-15(2)27-19(6)22(18(5)25-27)14-26-10-8-9-20(13-26)23(28)21-11-16(3)24(29-7)17(4)12-21/h11-12,15,20H,8-10,13-14H2,1-7H3. The van der Waals surface area contributed by atoms with E-state index in [0.29, 0.717) is 6.04 Å². The van der Waals surface area contributed by atoms with Crippen molar-refractivity contribution in [2.45, 2.75) is 67.0 Å². The van der Waals surface area contributed by atoms with Crippen molar-refractivity contribution >= 4 is 5.78 Å². The molecule has 0 aliphatic carbocycles. The van der Waals surface area contributed by atoms with Crippen LogP contribution in [0.25, 0.3) is 0 Å². The van der Waals surface area contributed by atoms with E-state index in [4.69, 9.17) is 9.84 Å². The van der Waals surface area contributed by atoms with Gasteiger partial charge in [0.2, 0.25) is 0 Å². The Balaban J connectivity index is 1.75. The first-order valence-electron chi connectivity index (χ1n) is 10.7. The number of methoxy groups -OCH3 is 1.